The summed E-state index contributed by atoms with van der Waals surface area (Å²) in [7, 11) is 0. The van der Waals surface area contributed by atoms with Crippen molar-refractivity contribution >= 4 is 29.2 Å². The van der Waals surface area contributed by atoms with Gasteiger partial charge < -0.3 is 9.73 Å². The number of anilines is 1. The summed E-state index contributed by atoms with van der Waals surface area (Å²) in [6.07, 6.45) is 3.14. The first-order valence-electron chi connectivity index (χ1n) is 6.29. The van der Waals surface area contributed by atoms with Crippen LogP contribution >= 0.6 is 11.3 Å². The molecule has 2 aromatic rings. The van der Waals surface area contributed by atoms with Crippen LogP contribution in [0.5, 0.6) is 0 Å². The van der Waals surface area contributed by atoms with Crippen molar-refractivity contribution in [2.45, 2.75) is 19.8 Å². The minimum Gasteiger partial charge on any atom is -0.431 e. The standard InChI is InChI=1S/C13H15N3O3S/c1-2-3-6-14-11(17)9-8-19-13(15-9)16-12(18)10-5-4-7-20-10/h4-5,7-8H,2-3,6H2,1H3,(H,14,17)(H,15,16,18). The van der Waals surface area contributed by atoms with E-state index in [9.17, 15) is 9.59 Å². The largest absolute Gasteiger partial charge is 0.431 e. The Balaban J connectivity index is 1.92. The van der Waals surface area contributed by atoms with Crippen molar-refractivity contribution in [3.63, 3.8) is 0 Å². The highest BCUT2D eigenvalue weighted by Gasteiger charge is 2.14. The lowest BCUT2D eigenvalue weighted by Crippen LogP contribution is -2.24. The molecule has 0 aliphatic heterocycles. The summed E-state index contributed by atoms with van der Waals surface area (Å²) < 4.78 is 5.06. The highest BCUT2D eigenvalue weighted by molar-refractivity contribution is 7.12. The van der Waals surface area contributed by atoms with Gasteiger partial charge in [-0.3, -0.25) is 14.9 Å². The van der Waals surface area contributed by atoms with Gasteiger partial charge in [-0.15, -0.1) is 11.3 Å². The van der Waals surface area contributed by atoms with E-state index in [1.165, 1.54) is 17.6 Å². The van der Waals surface area contributed by atoms with Crippen LogP contribution in [0.15, 0.2) is 28.2 Å². The van der Waals surface area contributed by atoms with E-state index in [4.69, 9.17) is 4.42 Å². The monoisotopic (exact) mass is 293 g/mol. The molecule has 2 amide bonds. The van der Waals surface area contributed by atoms with Crippen LogP contribution in [0.2, 0.25) is 0 Å². The highest BCUT2D eigenvalue weighted by Crippen LogP contribution is 2.13. The van der Waals surface area contributed by atoms with Crippen LogP contribution in [0.1, 0.15) is 39.9 Å². The maximum absolute atomic E-state index is 11.8. The zero-order valence-electron chi connectivity index (χ0n) is 11.0. The Labute approximate surface area is 120 Å². The molecule has 0 saturated carbocycles. The first-order chi connectivity index (χ1) is 9.70. The first-order valence-corrected chi connectivity index (χ1v) is 7.17. The van der Waals surface area contributed by atoms with Crippen LogP contribution in [-0.2, 0) is 0 Å². The summed E-state index contributed by atoms with van der Waals surface area (Å²) in [6.45, 7) is 2.64. The van der Waals surface area contributed by atoms with Gasteiger partial charge in [-0.1, -0.05) is 19.4 Å². The van der Waals surface area contributed by atoms with Crippen LogP contribution < -0.4 is 10.6 Å². The Morgan fingerprint density at radius 2 is 2.25 bits per heavy atom. The number of thiophene rings is 1. The van der Waals surface area contributed by atoms with Crippen molar-refractivity contribution in [1.29, 1.82) is 0 Å². The molecule has 0 fully saturated rings. The Kier molecular flexibility index (Phi) is 4.89. The molecule has 2 N–H and O–H groups in total. The summed E-state index contributed by atoms with van der Waals surface area (Å²) in [5.74, 6) is -0.612. The Morgan fingerprint density at radius 1 is 1.40 bits per heavy atom. The maximum Gasteiger partial charge on any atom is 0.302 e. The van der Waals surface area contributed by atoms with E-state index in [2.05, 4.69) is 15.6 Å². The molecule has 0 aromatic carbocycles. The number of hydrogen-bond acceptors (Lipinski definition) is 5. The van der Waals surface area contributed by atoms with E-state index < -0.39 is 0 Å². The van der Waals surface area contributed by atoms with Gasteiger partial charge in [0.25, 0.3) is 11.8 Å². The molecule has 2 heterocycles. The van der Waals surface area contributed by atoms with Gasteiger partial charge in [0, 0.05) is 6.54 Å². The summed E-state index contributed by atoms with van der Waals surface area (Å²) in [5, 5.41) is 7.03. The van der Waals surface area contributed by atoms with Gasteiger partial charge >= 0.3 is 6.01 Å². The van der Waals surface area contributed by atoms with E-state index in [0.717, 1.165) is 12.8 Å². The van der Waals surface area contributed by atoms with Gasteiger partial charge in [-0.2, -0.15) is 4.98 Å². The van der Waals surface area contributed by atoms with Crippen molar-refractivity contribution in [2.24, 2.45) is 0 Å². The summed E-state index contributed by atoms with van der Waals surface area (Å²) in [5.41, 5.74) is 0.155. The second-order valence-corrected chi connectivity index (χ2v) is 5.03. The summed E-state index contributed by atoms with van der Waals surface area (Å²) >= 11 is 1.32. The molecule has 20 heavy (non-hydrogen) atoms. The minimum absolute atomic E-state index is 0.0176. The number of unbranched alkanes of at least 4 members (excludes halogenated alkanes) is 1. The van der Waals surface area contributed by atoms with E-state index in [1.807, 2.05) is 6.92 Å². The van der Waals surface area contributed by atoms with E-state index in [-0.39, 0.29) is 23.5 Å². The molecule has 6 nitrogen and oxygen atoms in total. The predicted molar refractivity (Wildman–Crippen MR) is 76.0 cm³/mol. The average Bonchev–Trinajstić information content (AvgIpc) is 3.10. The average molecular weight is 293 g/mol. The molecule has 0 aliphatic carbocycles. The lowest BCUT2D eigenvalue weighted by atomic mass is 10.3. The van der Waals surface area contributed by atoms with Gasteiger partial charge in [0.2, 0.25) is 0 Å². The van der Waals surface area contributed by atoms with Crippen LogP contribution in [0.25, 0.3) is 0 Å². The summed E-state index contributed by atoms with van der Waals surface area (Å²) in [6, 6.07) is 3.49. The van der Waals surface area contributed by atoms with E-state index in [1.54, 1.807) is 17.5 Å². The second kappa shape index (κ2) is 6.85. The van der Waals surface area contributed by atoms with E-state index >= 15 is 0 Å². The Hall–Kier alpha value is -2.15. The number of rotatable bonds is 6. The third-order valence-corrected chi connectivity index (χ3v) is 3.39. The number of oxazole rings is 1. The number of aromatic nitrogens is 1. The second-order valence-electron chi connectivity index (χ2n) is 4.08. The van der Waals surface area contributed by atoms with Gasteiger partial charge in [-0.25, -0.2) is 0 Å². The van der Waals surface area contributed by atoms with E-state index in [0.29, 0.717) is 11.4 Å². The third-order valence-electron chi connectivity index (χ3n) is 2.52. The summed E-state index contributed by atoms with van der Waals surface area (Å²) in [4.78, 5) is 28.0. The number of nitrogens with zero attached hydrogens (tertiary/aromatic N) is 1. The Morgan fingerprint density at radius 3 is 2.95 bits per heavy atom. The quantitative estimate of drug-likeness (QED) is 0.801. The smallest absolute Gasteiger partial charge is 0.302 e. The van der Waals surface area contributed by atoms with Gasteiger partial charge in [0.1, 0.15) is 6.26 Å². The normalized spacial score (nSPS) is 10.2. The molecular weight excluding hydrogens is 278 g/mol. The van der Waals surface area contributed by atoms with Crippen LogP contribution in [0.3, 0.4) is 0 Å². The minimum atomic E-state index is -0.307. The molecule has 0 bridgehead atoms. The van der Waals surface area contributed by atoms with Crippen molar-refractivity contribution in [3.8, 4) is 0 Å². The highest BCUT2D eigenvalue weighted by atomic mass is 32.1. The van der Waals surface area contributed by atoms with Crippen molar-refractivity contribution in [3.05, 3.63) is 34.3 Å². The maximum atomic E-state index is 11.8. The predicted octanol–water partition coefficient (Wildman–Crippen LogP) is 2.52. The lowest BCUT2D eigenvalue weighted by Gasteiger charge is -1.99. The molecule has 0 spiro atoms. The molecule has 7 heteroatoms. The fraction of sp³-hybridized carbons (Fsp3) is 0.308. The first kappa shape index (κ1) is 14.3. The zero-order valence-corrected chi connectivity index (χ0v) is 11.8. The van der Waals surface area contributed by atoms with Crippen molar-refractivity contribution in [1.82, 2.24) is 10.3 Å². The number of hydrogen-bond donors (Lipinski definition) is 2. The SMILES string of the molecule is CCCCNC(=O)c1coc(NC(=O)c2cccs2)n1. The number of nitrogens with one attached hydrogen (secondary N) is 2. The van der Waals surface area contributed by atoms with Gasteiger partial charge in [0.05, 0.1) is 4.88 Å². The zero-order chi connectivity index (χ0) is 14.4. The fourth-order valence-electron chi connectivity index (χ4n) is 1.47. The fourth-order valence-corrected chi connectivity index (χ4v) is 2.09. The van der Waals surface area contributed by atoms with Crippen LogP contribution in [0.4, 0.5) is 6.01 Å². The number of amides is 2. The molecule has 106 valence electrons. The molecule has 0 atom stereocenters. The molecule has 0 unspecified atom stereocenters. The lowest BCUT2D eigenvalue weighted by molar-refractivity contribution is 0.0947. The molecule has 2 aromatic heterocycles. The van der Waals surface area contributed by atoms with Crippen molar-refractivity contribution in [2.75, 3.05) is 11.9 Å². The molecule has 0 aliphatic rings. The Bertz CT molecular complexity index is 577. The third kappa shape index (κ3) is 3.67. The molecule has 0 saturated heterocycles. The number of carbonyl (C=O) groups excluding carboxylic acids is 2. The molecule has 2 rings (SSSR count). The van der Waals surface area contributed by atoms with Crippen LogP contribution in [0, 0.1) is 0 Å². The molecular formula is C13H15N3O3S. The molecule has 0 radical (unpaired) electrons. The number of carbonyl (C=O) groups is 2. The topological polar surface area (TPSA) is 84.2 Å². The van der Waals surface area contributed by atoms with Gasteiger partial charge in [-0.05, 0) is 17.9 Å². The van der Waals surface area contributed by atoms with Crippen molar-refractivity contribution < 1.29 is 14.0 Å². The van der Waals surface area contributed by atoms with Crippen LogP contribution in [-0.4, -0.2) is 23.3 Å². The van der Waals surface area contributed by atoms with Gasteiger partial charge in [0.15, 0.2) is 5.69 Å².